The Kier molecular flexibility index (Phi) is 5.01. The van der Waals surface area contributed by atoms with E-state index in [0.29, 0.717) is 12.3 Å². The molecule has 140 valence electrons. The number of pyridine rings is 1. The molecule has 0 aliphatic heterocycles. The van der Waals surface area contributed by atoms with Crippen LogP contribution in [0.5, 0.6) is 5.75 Å². The molecule has 2 aromatic heterocycles. The molecule has 1 amide bonds. The van der Waals surface area contributed by atoms with Crippen molar-refractivity contribution < 1.29 is 14.1 Å². The van der Waals surface area contributed by atoms with Gasteiger partial charge in [0.05, 0.1) is 0 Å². The Hall–Kier alpha value is -3.67. The molecule has 0 aliphatic carbocycles. The zero-order valence-corrected chi connectivity index (χ0v) is 15.4. The van der Waals surface area contributed by atoms with Crippen molar-refractivity contribution in [3.05, 3.63) is 90.1 Å². The molecule has 0 saturated heterocycles. The summed E-state index contributed by atoms with van der Waals surface area (Å²) >= 11 is 0. The number of nitrogens with zero attached hydrogens (tertiary/aromatic N) is 3. The van der Waals surface area contributed by atoms with Crippen LogP contribution in [0, 0.1) is 0 Å². The number of fused-ring (bicyclic) bond motifs is 1. The first kappa shape index (κ1) is 17.7. The summed E-state index contributed by atoms with van der Waals surface area (Å²) in [6, 6.07) is 19.1. The quantitative estimate of drug-likeness (QED) is 0.509. The minimum absolute atomic E-state index is 0.185. The highest BCUT2D eigenvalue weighted by molar-refractivity contribution is 5.92. The van der Waals surface area contributed by atoms with E-state index in [9.17, 15) is 4.79 Å². The Morgan fingerprint density at radius 2 is 1.96 bits per heavy atom. The number of carbonyl (C=O) groups is 1. The summed E-state index contributed by atoms with van der Waals surface area (Å²) in [6.45, 7) is 0.687. The van der Waals surface area contributed by atoms with Crippen LogP contribution < -0.4 is 4.74 Å². The molecular weight excluding hydrogens is 354 g/mol. The van der Waals surface area contributed by atoms with Crippen LogP contribution >= 0.6 is 0 Å². The van der Waals surface area contributed by atoms with Gasteiger partial charge in [-0.05, 0) is 17.7 Å². The number of benzene rings is 2. The Bertz CT molecular complexity index is 1090. The van der Waals surface area contributed by atoms with Crippen molar-refractivity contribution >= 4 is 16.7 Å². The van der Waals surface area contributed by atoms with Crippen LogP contribution in [0.4, 0.5) is 0 Å². The molecule has 4 rings (SSSR count). The van der Waals surface area contributed by atoms with E-state index in [2.05, 4.69) is 10.1 Å². The van der Waals surface area contributed by atoms with Gasteiger partial charge in [0, 0.05) is 42.8 Å². The average Bonchev–Trinajstić information content (AvgIpc) is 3.21. The van der Waals surface area contributed by atoms with Crippen molar-refractivity contribution in [1.82, 2.24) is 15.0 Å². The largest absolute Gasteiger partial charge is 0.485 e. The molecule has 0 aliphatic rings. The maximum atomic E-state index is 12.6. The first-order chi connectivity index (χ1) is 13.7. The number of ether oxygens (including phenoxy) is 1. The van der Waals surface area contributed by atoms with Gasteiger partial charge in [-0.1, -0.05) is 47.6 Å². The molecule has 2 heterocycles. The maximum absolute atomic E-state index is 12.6. The molecule has 0 atom stereocenters. The Morgan fingerprint density at radius 3 is 2.82 bits per heavy atom. The molecule has 0 spiro atoms. The van der Waals surface area contributed by atoms with E-state index >= 15 is 0 Å². The second-order valence-electron chi connectivity index (χ2n) is 6.47. The summed E-state index contributed by atoms with van der Waals surface area (Å²) in [5.41, 5.74) is 1.31. The van der Waals surface area contributed by atoms with Crippen LogP contribution in [0.25, 0.3) is 10.8 Å². The van der Waals surface area contributed by atoms with Crippen molar-refractivity contribution in [3.63, 3.8) is 0 Å². The Labute approximate surface area is 162 Å². The van der Waals surface area contributed by atoms with Crippen molar-refractivity contribution in [2.24, 2.45) is 0 Å². The lowest BCUT2D eigenvalue weighted by Crippen LogP contribution is -2.26. The van der Waals surface area contributed by atoms with E-state index in [1.807, 2.05) is 54.6 Å². The van der Waals surface area contributed by atoms with Crippen LogP contribution in [0.2, 0.25) is 0 Å². The first-order valence-electron chi connectivity index (χ1n) is 8.91. The predicted octanol–water partition coefficient (Wildman–Crippen LogP) is 4.07. The summed E-state index contributed by atoms with van der Waals surface area (Å²) < 4.78 is 11.2. The summed E-state index contributed by atoms with van der Waals surface area (Å²) in [4.78, 5) is 18.3. The normalized spacial score (nSPS) is 10.8. The standard InChI is InChI=1S/C22H19N3O3/c1-25(14-16-6-3-2-4-7-16)22(26)20-12-18(28-24-20)15-27-21-9-5-8-17-13-23-11-10-19(17)21/h2-13H,14-15H2,1H3. The van der Waals surface area contributed by atoms with Gasteiger partial charge in [-0.25, -0.2) is 0 Å². The lowest BCUT2D eigenvalue weighted by atomic mass is 10.1. The van der Waals surface area contributed by atoms with Gasteiger partial charge >= 0.3 is 0 Å². The molecule has 0 radical (unpaired) electrons. The summed E-state index contributed by atoms with van der Waals surface area (Å²) in [5, 5.41) is 5.86. The van der Waals surface area contributed by atoms with E-state index in [1.165, 1.54) is 0 Å². The minimum atomic E-state index is -0.199. The van der Waals surface area contributed by atoms with Crippen LogP contribution in [0.3, 0.4) is 0 Å². The average molecular weight is 373 g/mol. The number of amides is 1. The van der Waals surface area contributed by atoms with E-state index in [0.717, 1.165) is 22.1 Å². The maximum Gasteiger partial charge on any atom is 0.276 e. The molecule has 0 N–H and O–H groups in total. The molecule has 6 heteroatoms. The summed E-state index contributed by atoms with van der Waals surface area (Å²) in [5.74, 6) is 1.02. The van der Waals surface area contributed by atoms with Crippen LogP contribution in [-0.4, -0.2) is 28.0 Å². The molecule has 4 aromatic rings. The summed E-state index contributed by atoms with van der Waals surface area (Å²) in [7, 11) is 1.74. The van der Waals surface area contributed by atoms with Gasteiger partial charge in [0.15, 0.2) is 11.5 Å². The first-order valence-corrected chi connectivity index (χ1v) is 8.91. The highest BCUT2D eigenvalue weighted by atomic mass is 16.5. The lowest BCUT2D eigenvalue weighted by molar-refractivity contribution is 0.0774. The minimum Gasteiger partial charge on any atom is -0.485 e. The summed E-state index contributed by atoms with van der Waals surface area (Å²) in [6.07, 6.45) is 3.51. The van der Waals surface area contributed by atoms with Gasteiger partial charge in [-0.3, -0.25) is 9.78 Å². The van der Waals surface area contributed by atoms with Crippen LogP contribution in [0.1, 0.15) is 21.8 Å². The third-order valence-electron chi connectivity index (χ3n) is 4.40. The monoisotopic (exact) mass is 373 g/mol. The fourth-order valence-corrected chi connectivity index (χ4v) is 2.97. The number of hydrogen-bond donors (Lipinski definition) is 0. The number of rotatable bonds is 6. The second-order valence-corrected chi connectivity index (χ2v) is 6.47. The molecular formula is C22H19N3O3. The topological polar surface area (TPSA) is 68.5 Å². The number of hydrogen-bond acceptors (Lipinski definition) is 5. The van der Waals surface area contributed by atoms with Crippen molar-refractivity contribution in [2.75, 3.05) is 7.05 Å². The van der Waals surface area contributed by atoms with Crippen LogP contribution in [0.15, 0.2) is 77.6 Å². The Balaban J connectivity index is 1.42. The van der Waals surface area contributed by atoms with E-state index < -0.39 is 0 Å². The van der Waals surface area contributed by atoms with Gasteiger partial charge < -0.3 is 14.2 Å². The number of carbonyl (C=O) groups excluding carboxylic acids is 1. The van der Waals surface area contributed by atoms with Crippen molar-refractivity contribution in [2.45, 2.75) is 13.2 Å². The third kappa shape index (κ3) is 3.86. The smallest absolute Gasteiger partial charge is 0.276 e. The van der Waals surface area contributed by atoms with Gasteiger partial charge in [0.25, 0.3) is 5.91 Å². The van der Waals surface area contributed by atoms with Gasteiger partial charge in [0.1, 0.15) is 12.4 Å². The SMILES string of the molecule is CN(Cc1ccccc1)C(=O)c1cc(COc2cccc3cnccc23)on1. The zero-order chi connectivity index (χ0) is 19.3. The molecule has 0 fully saturated rings. The van der Waals surface area contributed by atoms with Gasteiger partial charge in [-0.2, -0.15) is 0 Å². The lowest BCUT2D eigenvalue weighted by Gasteiger charge is -2.15. The number of aromatic nitrogens is 2. The molecule has 0 saturated carbocycles. The zero-order valence-electron chi connectivity index (χ0n) is 15.4. The van der Waals surface area contributed by atoms with E-state index in [-0.39, 0.29) is 18.2 Å². The molecule has 0 bridgehead atoms. The fraction of sp³-hybridized carbons (Fsp3) is 0.136. The second kappa shape index (κ2) is 7.92. The van der Waals surface area contributed by atoms with Gasteiger partial charge in [-0.15, -0.1) is 0 Å². The highest BCUT2D eigenvalue weighted by Gasteiger charge is 2.17. The fourth-order valence-electron chi connectivity index (χ4n) is 2.97. The van der Waals surface area contributed by atoms with Crippen molar-refractivity contribution in [3.8, 4) is 5.75 Å². The van der Waals surface area contributed by atoms with Crippen LogP contribution in [-0.2, 0) is 13.2 Å². The van der Waals surface area contributed by atoms with Gasteiger partial charge in [0.2, 0.25) is 0 Å². The third-order valence-corrected chi connectivity index (χ3v) is 4.40. The van der Waals surface area contributed by atoms with E-state index in [1.54, 1.807) is 30.4 Å². The molecule has 0 unspecified atom stereocenters. The molecule has 6 nitrogen and oxygen atoms in total. The Morgan fingerprint density at radius 1 is 1.11 bits per heavy atom. The van der Waals surface area contributed by atoms with Crippen molar-refractivity contribution in [1.29, 1.82) is 0 Å². The van der Waals surface area contributed by atoms with E-state index in [4.69, 9.17) is 9.26 Å². The molecule has 28 heavy (non-hydrogen) atoms. The molecule has 2 aromatic carbocycles. The highest BCUT2D eigenvalue weighted by Crippen LogP contribution is 2.25. The predicted molar refractivity (Wildman–Crippen MR) is 105 cm³/mol.